The van der Waals surface area contributed by atoms with Crippen molar-refractivity contribution >= 4 is 34.2 Å². The molecule has 0 atom stereocenters. The number of aromatic nitrogens is 1. The van der Waals surface area contributed by atoms with Crippen molar-refractivity contribution in [1.82, 2.24) is 4.98 Å². The van der Waals surface area contributed by atoms with E-state index in [-0.39, 0.29) is 27.9 Å². The second kappa shape index (κ2) is 6.72. The van der Waals surface area contributed by atoms with Gasteiger partial charge in [-0.2, -0.15) is 0 Å². The Morgan fingerprint density at radius 2 is 1.81 bits per heavy atom. The van der Waals surface area contributed by atoms with Gasteiger partial charge < -0.3 is 13.9 Å². The molecule has 0 aliphatic rings. The highest BCUT2D eigenvalue weighted by Gasteiger charge is 2.22. The molecule has 0 saturated carbocycles. The van der Waals surface area contributed by atoms with Gasteiger partial charge in [0.05, 0.1) is 21.7 Å². The van der Waals surface area contributed by atoms with Crippen LogP contribution < -0.4 is 14.9 Å². The van der Waals surface area contributed by atoms with Gasteiger partial charge in [0, 0.05) is 19.2 Å². The summed E-state index contributed by atoms with van der Waals surface area (Å²) in [6.07, 6.45) is 0. The Balaban J connectivity index is 2.32. The molecule has 0 fully saturated rings. The minimum atomic E-state index is -0.634. The molecule has 0 N–H and O–H groups in total. The predicted octanol–water partition coefficient (Wildman–Crippen LogP) is 3.38. The molecule has 3 aromatic rings. The lowest BCUT2D eigenvalue weighted by atomic mass is 10.1. The minimum absolute atomic E-state index is 0.00000257. The zero-order valence-corrected chi connectivity index (χ0v) is 15.4. The predicted molar refractivity (Wildman–Crippen MR) is 95.7 cm³/mol. The third-order valence-electron chi connectivity index (χ3n) is 3.53. The number of nitrogens with zero attached hydrogens (tertiary/aromatic N) is 1. The Hall–Kier alpha value is -3.00. The Morgan fingerprint density at radius 3 is 2.38 bits per heavy atom. The molecule has 0 bridgehead atoms. The molecule has 0 unspecified atom stereocenters. The van der Waals surface area contributed by atoms with Gasteiger partial charge in [-0.25, -0.2) is 4.98 Å². The summed E-state index contributed by atoms with van der Waals surface area (Å²) in [5.41, 5.74) is 0.601. The summed E-state index contributed by atoms with van der Waals surface area (Å²) in [6.45, 7) is 5.89. The van der Waals surface area contributed by atoms with E-state index in [1.54, 1.807) is 12.3 Å². The maximum Gasteiger partial charge on any atom is 0.308 e. The van der Waals surface area contributed by atoms with Gasteiger partial charge in [0.15, 0.2) is 11.3 Å². The molecule has 0 saturated heterocycles. The van der Waals surface area contributed by atoms with Crippen LogP contribution in [0.5, 0.6) is 11.5 Å². The van der Waals surface area contributed by atoms with Gasteiger partial charge in [-0.1, -0.05) is 0 Å². The van der Waals surface area contributed by atoms with Crippen LogP contribution in [0.1, 0.15) is 24.6 Å². The lowest BCUT2D eigenvalue weighted by molar-refractivity contribution is -0.134. The van der Waals surface area contributed by atoms with Crippen LogP contribution in [0.2, 0.25) is 0 Å². The monoisotopic (exact) mass is 373 g/mol. The fourth-order valence-electron chi connectivity index (χ4n) is 2.57. The first-order chi connectivity index (χ1) is 12.3. The normalized spacial score (nSPS) is 10.8. The van der Waals surface area contributed by atoms with Gasteiger partial charge in [0.25, 0.3) is 0 Å². The number of hydrogen-bond acceptors (Lipinski definition) is 8. The number of hydrogen-bond donors (Lipinski definition) is 0. The molecular weight excluding hydrogens is 358 g/mol. The van der Waals surface area contributed by atoms with Crippen LogP contribution >= 0.6 is 11.3 Å². The molecule has 0 amide bonds. The summed E-state index contributed by atoms with van der Waals surface area (Å²) in [5.74, 6) is -1.01. The third-order valence-corrected chi connectivity index (χ3v) is 4.30. The van der Waals surface area contributed by atoms with E-state index in [0.29, 0.717) is 17.0 Å². The van der Waals surface area contributed by atoms with Gasteiger partial charge >= 0.3 is 11.9 Å². The van der Waals surface area contributed by atoms with Crippen LogP contribution in [0.4, 0.5) is 0 Å². The van der Waals surface area contributed by atoms with E-state index in [0.717, 1.165) is 5.01 Å². The highest BCUT2D eigenvalue weighted by atomic mass is 32.1. The number of benzene rings is 1. The van der Waals surface area contributed by atoms with Crippen LogP contribution in [-0.2, 0) is 9.59 Å². The van der Waals surface area contributed by atoms with E-state index in [1.807, 2.05) is 6.92 Å². The van der Waals surface area contributed by atoms with Crippen molar-refractivity contribution in [3.63, 3.8) is 0 Å². The summed E-state index contributed by atoms with van der Waals surface area (Å²) >= 11 is 1.42. The summed E-state index contributed by atoms with van der Waals surface area (Å²) in [4.78, 5) is 40.1. The van der Waals surface area contributed by atoms with Crippen LogP contribution in [0, 0.1) is 13.8 Å². The summed E-state index contributed by atoms with van der Waals surface area (Å²) < 4.78 is 16.0. The summed E-state index contributed by atoms with van der Waals surface area (Å²) in [7, 11) is 0. The zero-order valence-electron chi connectivity index (χ0n) is 14.5. The lowest BCUT2D eigenvalue weighted by Gasteiger charge is -2.12. The maximum atomic E-state index is 13.0. The summed E-state index contributed by atoms with van der Waals surface area (Å²) in [5, 5.41) is 2.80. The van der Waals surface area contributed by atoms with Crippen LogP contribution in [0.25, 0.3) is 22.2 Å². The molecule has 3 rings (SSSR count). The van der Waals surface area contributed by atoms with E-state index in [9.17, 15) is 14.4 Å². The molecule has 2 aromatic heterocycles. The standard InChI is InChI=1S/C18H15NO6S/c1-8-15(13-7-26-9(2)19-13)16(22)12-5-6-14(24-10(3)20)18(17(12)23-8)25-11(4)21/h5-7H,1-4H3. The van der Waals surface area contributed by atoms with Gasteiger partial charge in [-0.15, -0.1) is 11.3 Å². The highest BCUT2D eigenvalue weighted by molar-refractivity contribution is 7.09. The maximum absolute atomic E-state index is 13.0. The Kier molecular flexibility index (Phi) is 4.60. The molecule has 0 aliphatic carbocycles. The SMILES string of the molecule is CC(=O)Oc1ccc2c(=O)c(-c3csc(C)n3)c(C)oc2c1OC(C)=O. The second-order valence-electron chi connectivity index (χ2n) is 5.57. The molecular formula is C18H15NO6S. The largest absolute Gasteiger partial charge is 0.456 e. The van der Waals surface area contributed by atoms with E-state index in [2.05, 4.69) is 4.98 Å². The lowest BCUT2D eigenvalue weighted by Crippen LogP contribution is -2.11. The van der Waals surface area contributed by atoms with E-state index in [4.69, 9.17) is 13.9 Å². The first kappa shape index (κ1) is 17.8. The van der Waals surface area contributed by atoms with Gasteiger partial charge in [-0.3, -0.25) is 14.4 Å². The number of thiazole rings is 1. The molecule has 7 nitrogen and oxygen atoms in total. The Morgan fingerprint density at radius 1 is 1.12 bits per heavy atom. The van der Waals surface area contributed by atoms with Crippen molar-refractivity contribution in [3.05, 3.63) is 38.5 Å². The topological polar surface area (TPSA) is 95.7 Å². The van der Waals surface area contributed by atoms with Crippen molar-refractivity contribution < 1.29 is 23.5 Å². The fraction of sp³-hybridized carbons (Fsp3) is 0.222. The molecule has 26 heavy (non-hydrogen) atoms. The number of rotatable bonds is 3. The number of aryl methyl sites for hydroxylation is 2. The number of esters is 2. The molecule has 134 valence electrons. The van der Waals surface area contributed by atoms with Crippen molar-refractivity contribution in [3.8, 4) is 22.8 Å². The zero-order chi connectivity index (χ0) is 19.0. The molecule has 2 heterocycles. The molecule has 0 radical (unpaired) electrons. The number of fused-ring (bicyclic) bond motifs is 1. The van der Waals surface area contributed by atoms with E-state index < -0.39 is 11.9 Å². The van der Waals surface area contributed by atoms with Gasteiger partial charge in [0.2, 0.25) is 11.2 Å². The third kappa shape index (κ3) is 3.23. The quantitative estimate of drug-likeness (QED) is 0.513. The second-order valence-corrected chi connectivity index (χ2v) is 6.63. The van der Waals surface area contributed by atoms with E-state index in [1.165, 1.54) is 37.3 Å². The number of ether oxygens (including phenoxy) is 2. The van der Waals surface area contributed by atoms with Crippen LogP contribution in [-0.4, -0.2) is 16.9 Å². The number of carbonyl (C=O) groups excluding carboxylic acids is 2. The number of carbonyl (C=O) groups is 2. The average molecular weight is 373 g/mol. The smallest absolute Gasteiger partial charge is 0.308 e. The average Bonchev–Trinajstić information content (AvgIpc) is 2.95. The molecule has 0 aliphatic heterocycles. The van der Waals surface area contributed by atoms with Crippen molar-refractivity contribution in [2.45, 2.75) is 27.7 Å². The van der Waals surface area contributed by atoms with Crippen molar-refractivity contribution in [1.29, 1.82) is 0 Å². The first-order valence-corrected chi connectivity index (χ1v) is 8.55. The Labute approximate surface area is 152 Å². The fourth-order valence-corrected chi connectivity index (χ4v) is 3.18. The Bertz CT molecular complexity index is 1090. The van der Waals surface area contributed by atoms with Crippen LogP contribution in [0.3, 0.4) is 0 Å². The van der Waals surface area contributed by atoms with E-state index >= 15 is 0 Å². The molecule has 8 heteroatoms. The first-order valence-electron chi connectivity index (χ1n) is 7.67. The van der Waals surface area contributed by atoms with Crippen LogP contribution in [0.15, 0.2) is 26.7 Å². The van der Waals surface area contributed by atoms with Crippen molar-refractivity contribution in [2.75, 3.05) is 0 Å². The summed E-state index contributed by atoms with van der Waals surface area (Å²) in [6, 6.07) is 2.86. The molecule has 1 aromatic carbocycles. The van der Waals surface area contributed by atoms with Gasteiger partial charge in [-0.05, 0) is 26.0 Å². The van der Waals surface area contributed by atoms with Gasteiger partial charge in [0.1, 0.15) is 5.76 Å². The highest BCUT2D eigenvalue weighted by Crippen LogP contribution is 2.37. The van der Waals surface area contributed by atoms with Crippen molar-refractivity contribution in [2.24, 2.45) is 0 Å². The molecule has 0 spiro atoms. The minimum Gasteiger partial charge on any atom is -0.456 e.